The monoisotopic (exact) mass is 461 g/mol. The van der Waals surface area contributed by atoms with Crippen molar-refractivity contribution in [3.8, 4) is 11.3 Å². The number of quaternary nitrogens is 1. The molecule has 1 atom stereocenters. The van der Waals surface area contributed by atoms with Crippen molar-refractivity contribution >= 4 is 23.0 Å². The van der Waals surface area contributed by atoms with Crippen molar-refractivity contribution in [1.29, 1.82) is 0 Å². The number of amidine groups is 1. The quantitative estimate of drug-likeness (QED) is 0.439. The summed E-state index contributed by atoms with van der Waals surface area (Å²) in [6.45, 7) is 2.49. The van der Waals surface area contributed by atoms with Gasteiger partial charge >= 0.3 is 0 Å². The first-order valence-corrected chi connectivity index (χ1v) is 12.6. The minimum absolute atomic E-state index is 0.0770. The Morgan fingerprint density at radius 2 is 1.71 bits per heavy atom. The van der Waals surface area contributed by atoms with Crippen molar-refractivity contribution in [2.24, 2.45) is 21.7 Å². The molecule has 0 bridgehead atoms. The molecule has 0 amide bonds. The molecule has 174 valence electrons. The van der Waals surface area contributed by atoms with Crippen LogP contribution in [0.1, 0.15) is 31.2 Å². The fraction of sp³-hybridized carbons (Fsp3) is 0.276. The van der Waals surface area contributed by atoms with E-state index < -0.39 is 0 Å². The maximum absolute atomic E-state index is 7.01. The van der Waals surface area contributed by atoms with E-state index in [9.17, 15) is 0 Å². The minimum atomic E-state index is 0.0770. The van der Waals surface area contributed by atoms with E-state index in [1.54, 1.807) is 6.20 Å². The number of aliphatic imine (C=N–C) groups is 2. The van der Waals surface area contributed by atoms with Crippen LogP contribution in [0.5, 0.6) is 0 Å². The third-order valence-electron chi connectivity index (χ3n) is 8.00. The van der Waals surface area contributed by atoms with E-state index in [1.807, 2.05) is 30.6 Å². The lowest BCUT2D eigenvalue weighted by Gasteiger charge is -2.41. The fourth-order valence-corrected chi connectivity index (χ4v) is 5.95. The Morgan fingerprint density at radius 3 is 2.54 bits per heavy atom. The molecule has 4 aliphatic rings. The molecule has 2 aromatic carbocycles. The van der Waals surface area contributed by atoms with Crippen LogP contribution in [-0.4, -0.2) is 45.7 Å². The largest absolute Gasteiger partial charge is 0.300 e. The Morgan fingerprint density at radius 1 is 0.914 bits per heavy atom. The standard InChI is InChI=1S/C29H29N6/c30-35-15-12-31-19-27(35)28(23-16-24(17-23)34-13-4-5-14-34)33-29(35)22-9-8-21-10-11-25(32-26(21)18-22)20-6-2-1-3-7-20/h1-3,6-12,15,18-19,23-24H,4-5,13-14,16-17,30H2/q+1. The van der Waals surface area contributed by atoms with E-state index in [2.05, 4.69) is 52.4 Å². The second-order valence-corrected chi connectivity index (χ2v) is 10.1. The number of aromatic nitrogens is 1. The lowest BCUT2D eigenvalue weighted by molar-refractivity contribution is -0.750. The number of nitrogens with zero attached hydrogens (tertiary/aromatic N) is 5. The molecule has 2 fully saturated rings. The third kappa shape index (κ3) is 3.40. The van der Waals surface area contributed by atoms with Crippen LogP contribution >= 0.6 is 0 Å². The maximum Gasteiger partial charge on any atom is 0.264 e. The Bertz CT molecular complexity index is 1420. The molecule has 1 aromatic heterocycles. The summed E-state index contributed by atoms with van der Waals surface area (Å²) in [6.07, 6.45) is 10.6. The molecular formula is C29H29N6+. The predicted octanol–water partition coefficient (Wildman–Crippen LogP) is 4.99. The topological polar surface area (TPSA) is 66.9 Å². The molecule has 6 heteroatoms. The fourth-order valence-electron chi connectivity index (χ4n) is 5.95. The number of hydrogen-bond acceptors (Lipinski definition) is 5. The van der Waals surface area contributed by atoms with E-state index in [0.29, 0.717) is 12.0 Å². The van der Waals surface area contributed by atoms with Gasteiger partial charge in [-0.1, -0.05) is 42.5 Å². The normalized spacial score (nSPS) is 27.9. The summed E-state index contributed by atoms with van der Waals surface area (Å²) in [6, 6.07) is 21.6. The molecule has 1 unspecified atom stereocenters. The number of likely N-dealkylation sites (tertiary alicyclic amines) is 1. The number of nitrogens with two attached hydrogens (primary N) is 1. The summed E-state index contributed by atoms with van der Waals surface area (Å²) in [5.74, 6) is 8.29. The third-order valence-corrected chi connectivity index (χ3v) is 8.00. The Balaban J connectivity index is 1.24. The average Bonchev–Trinajstić information content (AvgIpc) is 3.50. The van der Waals surface area contributed by atoms with Crippen LogP contribution in [0.25, 0.3) is 22.2 Å². The van der Waals surface area contributed by atoms with Crippen LogP contribution in [0.2, 0.25) is 0 Å². The van der Waals surface area contributed by atoms with Crippen LogP contribution in [0.15, 0.2) is 94.4 Å². The zero-order valence-electron chi connectivity index (χ0n) is 19.7. The molecule has 3 aliphatic heterocycles. The first-order chi connectivity index (χ1) is 17.2. The van der Waals surface area contributed by atoms with Crippen molar-refractivity contribution in [3.05, 3.63) is 90.0 Å². The van der Waals surface area contributed by atoms with Gasteiger partial charge in [0.2, 0.25) is 5.70 Å². The van der Waals surface area contributed by atoms with E-state index in [1.165, 1.54) is 25.9 Å². The first-order valence-electron chi connectivity index (χ1n) is 12.6. The zero-order valence-corrected chi connectivity index (χ0v) is 19.7. The number of pyridine rings is 1. The zero-order chi connectivity index (χ0) is 23.4. The van der Waals surface area contributed by atoms with Crippen LogP contribution in [0.4, 0.5) is 0 Å². The second-order valence-electron chi connectivity index (χ2n) is 10.1. The molecule has 7 rings (SSSR count). The predicted molar refractivity (Wildman–Crippen MR) is 140 cm³/mol. The van der Waals surface area contributed by atoms with Gasteiger partial charge in [0.15, 0.2) is 0 Å². The first kappa shape index (κ1) is 20.9. The summed E-state index contributed by atoms with van der Waals surface area (Å²) in [5, 5.41) is 1.10. The highest BCUT2D eigenvalue weighted by Gasteiger charge is 2.49. The highest BCUT2D eigenvalue weighted by molar-refractivity contribution is 6.02. The SMILES string of the molecule is N[N+]12C=CN=CC1=C(C1CC(N3CCCC3)C1)N=C2c1ccc2ccc(-c3ccccc3)nc2c1. The van der Waals surface area contributed by atoms with Crippen LogP contribution in [0.3, 0.4) is 0 Å². The number of benzene rings is 2. The smallest absolute Gasteiger partial charge is 0.264 e. The van der Waals surface area contributed by atoms with E-state index in [0.717, 1.165) is 57.8 Å². The molecule has 1 saturated heterocycles. The minimum Gasteiger partial charge on any atom is -0.300 e. The molecule has 4 heterocycles. The number of allylic oxidation sites excluding steroid dienone is 2. The van der Waals surface area contributed by atoms with Gasteiger partial charge in [-0.05, 0) is 57.0 Å². The highest BCUT2D eigenvalue weighted by atomic mass is 15.6. The van der Waals surface area contributed by atoms with E-state index in [-0.39, 0.29) is 4.59 Å². The van der Waals surface area contributed by atoms with Crippen LogP contribution in [-0.2, 0) is 0 Å². The van der Waals surface area contributed by atoms with Gasteiger partial charge in [0.25, 0.3) is 5.84 Å². The van der Waals surface area contributed by atoms with Crippen LogP contribution in [0, 0.1) is 5.92 Å². The molecule has 35 heavy (non-hydrogen) atoms. The number of hydrogen-bond donors (Lipinski definition) is 1. The van der Waals surface area contributed by atoms with Crippen molar-refractivity contribution in [2.75, 3.05) is 13.1 Å². The summed E-state index contributed by atoms with van der Waals surface area (Å²) >= 11 is 0. The van der Waals surface area contributed by atoms with E-state index >= 15 is 0 Å². The lowest BCUT2D eigenvalue weighted by atomic mass is 9.77. The second kappa shape index (κ2) is 8.05. The number of rotatable bonds is 4. The van der Waals surface area contributed by atoms with Gasteiger partial charge in [-0.15, -0.1) is 4.59 Å². The van der Waals surface area contributed by atoms with Crippen LogP contribution < -0.4 is 5.84 Å². The maximum atomic E-state index is 7.01. The van der Waals surface area contributed by atoms with Crippen molar-refractivity contribution in [1.82, 2.24) is 9.88 Å². The lowest BCUT2D eigenvalue weighted by Crippen LogP contribution is -2.53. The molecule has 0 spiro atoms. The highest BCUT2D eigenvalue weighted by Crippen LogP contribution is 2.44. The molecule has 3 aromatic rings. The Kier molecular flexibility index (Phi) is 4.81. The molecular weight excluding hydrogens is 432 g/mol. The molecule has 2 N–H and O–H groups in total. The van der Waals surface area contributed by atoms with Gasteiger partial charge in [-0.2, -0.15) is 10.8 Å². The Hall–Kier alpha value is -3.45. The van der Waals surface area contributed by atoms with Gasteiger partial charge in [0.1, 0.15) is 11.9 Å². The van der Waals surface area contributed by atoms with Gasteiger partial charge in [0, 0.05) is 22.9 Å². The van der Waals surface area contributed by atoms with Crippen molar-refractivity contribution in [3.63, 3.8) is 0 Å². The molecule has 6 nitrogen and oxygen atoms in total. The van der Waals surface area contributed by atoms with Gasteiger partial charge in [0.05, 0.1) is 29.2 Å². The summed E-state index contributed by atoms with van der Waals surface area (Å²) in [7, 11) is 0. The van der Waals surface area contributed by atoms with Crippen molar-refractivity contribution in [2.45, 2.75) is 31.7 Å². The van der Waals surface area contributed by atoms with E-state index in [4.69, 9.17) is 15.8 Å². The summed E-state index contributed by atoms with van der Waals surface area (Å²) < 4.78 is 0.0770. The van der Waals surface area contributed by atoms with Gasteiger partial charge < -0.3 is 4.90 Å². The summed E-state index contributed by atoms with van der Waals surface area (Å²) in [4.78, 5) is 17.2. The summed E-state index contributed by atoms with van der Waals surface area (Å²) in [5.41, 5.74) is 6.13. The molecule has 0 radical (unpaired) electrons. The molecule has 1 aliphatic carbocycles. The Labute approximate surface area is 205 Å². The van der Waals surface area contributed by atoms with Gasteiger partial charge in [-0.25, -0.2) is 4.98 Å². The van der Waals surface area contributed by atoms with Crippen molar-refractivity contribution < 1.29 is 4.59 Å². The molecule has 1 saturated carbocycles. The number of fused-ring (bicyclic) bond motifs is 2. The van der Waals surface area contributed by atoms with Gasteiger partial charge in [-0.3, -0.25) is 4.99 Å². The average molecular weight is 462 g/mol.